The molecule has 0 bridgehead atoms. The van der Waals surface area contributed by atoms with Crippen molar-refractivity contribution in [2.45, 2.75) is 57.8 Å². The van der Waals surface area contributed by atoms with Gasteiger partial charge in [-0.05, 0) is 132 Å². The fraction of sp³-hybridized carbons (Fsp3) is 0.256. The number of rotatable bonds is 2. The van der Waals surface area contributed by atoms with Gasteiger partial charge in [0.05, 0.1) is 0 Å². The van der Waals surface area contributed by atoms with E-state index in [9.17, 15) is 0 Å². The monoisotopic (exact) mass is 554 g/mol. The highest BCUT2D eigenvalue weighted by Crippen LogP contribution is 2.52. The molecule has 0 aliphatic heterocycles. The van der Waals surface area contributed by atoms with Gasteiger partial charge in [-0.1, -0.05) is 123 Å². The number of hydrogen-bond donors (Lipinski definition) is 0. The SMILES string of the molecule is CC1(C)c2ccccc2C2=c3ccccc3=C(c3c4c(c(C5=CC6=CC=CCC6CC5)c5ccccc35)=CCCC=4)CC21. The highest BCUT2D eigenvalue weighted by Gasteiger charge is 2.44. The maximum absolute atomic E-state index is 2.57. The Morgan fingerprint density at radius 1 is 0.744 bits per heavy atom. The number of benzene rings is 4. The second-order valence-corrected chi connectivity index (χ2v) is 13.8. The molecule has 0 heterocycles. The molecule has 4 aromatic carbocycles. The molecule has 2 atom stereocenters. The second-order valence-electron chi connectivity index (χ2n) is 13.8. The van der Waals surface area contributed by atoms with Crippen LogP contribution in [0.5, 0.6) is 0 Å². The van der Waals surface area contributed by atoms with Gasteiger partial charge in [-0.2, -0.15) is 0 Å². The minimum Gasteiger partial charge on any atom is -0.0839 e. The van der Waals surface area contributed by atoms with Crippen molar-refractivity contribution in [2.24, 2.45) is 11.8 Å². The number of hydrogen-bond acceptors (Lipinski definition) is 0. The number of fused-ring (bicyclic) bond motifs is 7. The van der Waals surface area contributed by atoms with Crippen LogP contribution in [-0.2, 0) is 5.41 Å². The van der Waals surface area contributed by atoms with Gasteiger partial charge in [0.25, 0.3) is 0 Å². The topological polar surface area (TPSA) is 0 Å². The molecule has 210 valence electrons. The third kappa shape index (κ3) is 3.62. The van der Waals surface area contributed by atoms with E-state index in [1.54, 1.807) is 5.57 Å². The van der Waals surface area contributed by atoms with E-state index in [0.717, 1.165) is 25.7 Å². The fourth-order valence-electron chi connectivity index (χ4n) is 9.21. The van der Waals surface area contributed by atoms with Gasteiger partial charge in [-0.15, -0.1) is 0 Å². The largest absolute Gasteiger partial charge is 0.0839 e. The van der Waals surface area contributed by atoms with Crippen LogP contribution < -0.4 is 20.9 Å². The first-order valence-electron chi connectivity index (χ1n) is 16.4. The Kier molecular flexibility index (Phi) is 5.55. The zero-order valence-electron chi connectivity index (χ0n) is 25.3. The van der Waals surface area contributed by atoms with E-state index in [-0.39, 0.29) is 5.41 Å². The van der Waals surface area contributed by atoms with Crippen LogP contribution in [0.1, 0.15) is 74.6 Å². The fourth-order valence-corrected chi connectivity index (χ4v) is 9.21. The van der Waals surface area contributed by atoms with Crippen molar-refractivity contribution in [1.82, 2.24) is 0 Å². The maximum atomic E-state index is 2.57. The van der Waals surface area contributed by atoms with Crippen molar-refractivity contribution < 1.29 is 0 Å². The van der Waals surface area contributed by atoms with Crippen LogP contribution in [0.2, 0.25) is 0 Å². The molecule has 43 heavy (non-hydrogen) atoms. The predicted molar refractivity (Wildman–Crippen MR) is 182 cm³/mol. The summed E-state index contributed by atoms with van der Waals surface area (Å²) in [6.45, 7) is 4.95. The lowest BCUT2D eigenvalue weighted by Gasteiger charge is -2.33. The molecule has 0 fully saturated rings. The molecule has 0 amide bonds. The Bertz CT molecular complexity index is 2210. The lowest BCUT2D eigenvalue weighted by atomic mass is 9.70. The highest BCUT2D eigenvalue weighted by molar-refractivity contribution is 6.02. The van der Waals surface area contributed by atoms with Gasteiger partial charge in [-0.25, -0.2) is 0 Å². The van der Waals surface area contributed by atoms with Crippen LogP contribution in [-0.4, -0.2) is 0 Å². The Morgan fingerprint density at radius 2 is 1.44 bits per heavy atom. The molecule has 2 unspecified atom stereocenters. The summed E-state index contributed by atoms with van der Waals surface area (Å²) < 4.78 is 0. The normalized spacial score (nSPS) is 22.7. The first kappa shape index (κ1) is 25.3. The zero-order chi connectivity index (χ0) is 28.7. The van der Waals surface area contributed by atoms with Crippen LogP contribution in [0.25, 0.3) is 39.6 Å². The first-order chi connectivity index (χ1) is 21.1. The Labute approximate surface area is 254 Å². The minimum absolute atomic E-state index is 0.0853. The zero-order valence-corrected chi connectivity index (χ0v) is 25.3. The molecule has 9 rings (SSSR count). The summed E-state index contributed by atoms with van der Waals surface area (Å²) >= 11 is 0. The summed E-state index contributed by atoms with van der Waals surface area (Å²) in [5.74, 6) is 1.14. The summed E-state index contributed by atoms with van der Waals surface area (Å²) in [5, 5.41) is 8.66. The predicted octanol–water partition coefficient (Wildman–Crippen LogP) is 7.58. The molecule has 0 spiro atoms. The molecule has 0 N–H and O–H groups in total. The van der Waals surface area contributed by atoms with Crippen LogP contribution >= 0.6 is 0 Å². The van der Waals surface area contributed by atoms with E-state index in [4.69, 9.17) is 0 Å². The standard InChI is InChI=1S/C43H38/c1-43(2)38-22-12-11-21-36(38)42-31-16-6-5-15-30(31)37(26-39(42)43)41-34-19-9-7-17-32(34)40(33-18-8-10-20-35(33)41)29-24-23-27-13-3-4-14-28(27)25-29/h3-7,9,11-12,14-22,25,27,39H,8,10,13,23-24,26H2,1-2H3. The van der Waals surface area contributed by atoms with E-state index in [1.807, 2.05) is 0 Å². The van der Waals surface area contributed by atoms with Gasteiger partial charge < -0.3 is 0 Å². The number of allylic oxidation sites excluding steroid dienone is 6. The summed E-state index contributed by atoms with van der Waals surface area (Å²) in [6, 6.07) is 27.8. The van der Waals surface area contributed by atoms with E-state index in [0.29, 0.717) is 11.8 Å². The minimum atomic E-state index is 0.0853. The molecule has 0 heteroatoms. The molecule has 0 aromatic heterocycles. The van der Waals surface area contributed by atoms with Crippen molar-refractivity contribution in [3.63, 3.8) is 0 Å². The molecular weight excluding hydrogens is 516 g/mol. The van der Waals surface area contributed by atoms with Crippen LogP contribution in [0, 0.1) is 11.8 Å². The molecule has 5 aliphatic carbocycles. The van der Waals surface area contributed by atoms with Crippen LogP contribution in [0.4, 0.5) is 0 Å². The maximum Gasteiger partial charge on any atom is -0.00168 e. The van der Waals surface area contributed by atoms with Gasteiger partial charge in [0, 0.05) is 0 Å². The highest BCUT2D eigenvalue weighted by atomic mass is 14.5. The Hall–Kier alpha value is -4.16. The van der Waals surface area contributed by atoms with Crippen LogP contribution in [0.3, 0.4) is 0 Å². The van der Waals surface area contributed by atoms with Gasteiger partial charge >= 0.3 is 0 Å². The van der Waals surface area contributed by atoms with E-state index in [1.165, 1.54) is 83.5 Å². The second kappa shape index (κ2) is 9.42. The molecule has 0 saturated carbocycles. The Balaban J connectivity index is 1.39. The molecule has 0 saturated heterocycles. The van der Waals surface area contributed by atoms with Crippen molar-refractivity contribution in [3.8, 4) is 0 Å². The molecule has 5 aliphatic rings. The summed E-state index contributed by atoms with van der Waals surface area (Å²) in [7, 11) is 0. The van der Waals surface area contributed by atoms with Crippen molar-refractivity contribution in [1.29, 1.82) is 0 Å². The van der Waals surface area contributed by atoms with Crippen molar-refractivity contribution in [2.75, 3.05) is 0 Å². The van der Waals surface area contributed by atoms with Crippen molar-refractivity contribution in [3.05, 3.63) is 146 Å². The summed E-state index contributed by atoms with van der Waals surface area (Å²) in [4.78, 5) is 0. The summed E-state index contributed by atoms with van der Waals surface area (Å²) in [6.07, 6.45) is 21.5. The van der Waals surface area contributed by atoms with Gasteiger partial charge in [0.1, 0.15) is 0 Å². The average Bonchev–Trinajstić information content (AvgIpc) is 3.29. The molecule has 0 radical (unpaired) electrons. The van der Waals surface area contributed by atoms with Gasteiger partial charge in [0.15, 0.2) is 0 Å². The van der Waals surface area contributed by atoms with E-state index >= 15 is 0 Å². The Morgan fingerprint density at radius 3 is 2.28 bits per heavy atom. The molecule has 4 aromatic rings. The average molecular weight is 555 g/mol. The quantitative estimate of drug-likeness (QED) is 0.240. The lowest BCUT2D eigenvalue weighted by Crippen LogP contribution is -2.41. The van der Waals surface area contributed by atoms with Gasteiger partial charge in [-0.3, -0.25) is 0 Å². The molecular formula is C43H38. The first-order valence-corrected chi connectivity index (χ1v) is 16.4. The lowest BCUT2D eigenvalue weighted by molar-refractivity contribution is 0.417. The van der Waals surface area contributed by atoms with E-state index in [2.05, 4.69) is 123 Å². The smallest absolute Gasteiger partial charge is 0.00168 e. The third-order valence-corrected chi connectivity index (χ3v) is 11.3. The third-order valence-electron chi connectivity index (χ3n) is 11.3. The summed E-state index contributed by atoms with van der Waals surface area (Å²) in [5.41, 5.74) is 12.2. The van der Waals surface area contributed by atoms with Crippen molar-refractivity contribution >= 4 is 39.6 Å². The van der Waals surface area contributed by atoms with E-state index < -0.39 is 0 Å². The van der Waals surface area contributed by atoms with Gasteiger partial charge in [0.2, 0.25) is 0 Å². The van der Waals surface area contributed by atoms with Crippen LogP contribution in [0.15, 0.2) is 103 Å². The molecule has 0 nitrogen and oxygen atoms in total.